The maximum atomic E-state index is 6.02. The number of fused-ring (bicyclic) bond motifs is 1. The van der Waals surface area contributed by atoms with Crippen LogP contribution in [0, 0.1) is 0 Å². The van der Waals surface area contributed by atoms with E-state index in [1.165, 1.54) is 58.0 Å². The Morgan fingerprint density at radius 2 is 1.89 bits per heavy atom. The van der Waals surface area contributed by atoms with Crippen LogP contribution in [0.4, 0.5) is 0 Å². The first-order valence-corrected chi connectivity index (χ1v) is 8.01. The molecular weight excluding hydrogens is 222 g/mol. The average molecular weight is 251 g/mol. The smallest absolute Gasteiger partial charge is 0.0224 e. The van der Waals surface area contributed by atoms with Crippen molar-refractivity contribution in [2.75, 3.05) is 19.6 Å². The van der Waals surface area contributed by atoms with Crippen molar-refractivity contribution >= 4 is 0 Å². The van der Waals surface area contributed by atoms with Gasteiger partial charge in [0.1, 0.15) is 0 Å². The van der Waals surface area contributed by atoms with E-state index in [4.69, 9.17) is 5.73 Å². The third-order valence-corrected chi connectivity index (χ3v) is 5.58. The Bertz CT molecular complexity index is 281. The van der Waals surface area contributed by atoms with Crippen LogP contribution in [0.1, 0.15) is 51.9 Å². The highest BCUT2D eigenvalue weighted by Crippen LogP contribution is 2.34. The van der Waals surface area contributed by atoms with Crippen LogP contribution in [-0.4, -0.2) is 53.6 Å². The molecule has 3 aliphatic heterocycles. The summed E-state index contributed by atoms with van der Waals surface area (Å²) >= 11 is 0. The molecule has 3 heterocycles. The van der Waals surface area contributed by atoms with Gasteiger partial charge in [0.15, 0.2) is 0 Å². The molecule has 3 nitrogen and oxygen atoms in total. The number of likely N-dealkylation sites (tertiary alicyclic amines) is 1. The summed E-state index contributed by atoms with van der Waals surface area (Å²) in [7, 11) is 0. The lowest BCUT2D eigenvalue weighted by molar-refractivity contribution is 0.00773. The minimum Gasteiger partial charge on any atom is -0.329 e. The molecule has 0 bridgehead atoms. The van der Waals surface area contributed by atoms with Gasteiger partial charge in [0.25, 0.3) is 0 Å². The largest absolute Gasteiger partial charge is 0.329 e. The van der Waals surface area contributed by atoms with E-state index in [0.29, 0.717) is 6.04 Å². The fourth-order valence-corrected chi connectivity index (χ4v) is 4.68. The van der Waals surface area contributed by atoms with Crippen LogP contribution in [0.5, 0.6) is 0 Å². The van der Waals surface area contributed by atoms with Crippen LogP contribution in [-0.2, 0) is 0 Å². The van der Waals surface area contributed by atoms with E-state index in [1.54, 1.807) is 0 Å². The van der Waals surface area contributed by atoms with E-state index in [0.717, 1.165) is 24.7 Å². The van der Waals surface area contributed by atoms with Crippen molar-refractivity contribution < 1.29 is 0 Å². The fraction of sp³-hybridized carbons (Fsp3) is 1.00. The second-order valence-corrected chi connectivity index (χ2v) is 6.63. The van der Waals surface area contributed by atoms with Crippen molar-refractivity contribution in [1.82, 2.24) is 9.80 Å². The van der Waals surface area contributed by atoms with Gasteiger partial charge in [-0.3, -0.25) is 4.90 Å². The Labute approximate surface area is 112 Å². The van der Waals surface area contributed by atoms with Gasteiger partial charge in [-0.15, -0.1) is 0 Å². The van der Waals surface area contributed by atoms with Gasteiger partial charge in [-0.1, -0.05) is 6.42 Å². The number of piperidine rings is 2. The molecule has 3 fully saturated rings. The zero-order valence-corrected chi connectivity index (χ0v) is 11.9. The van der Waals surface area contributed by atoms with Crippen molar-refractivity contribution in [1.29, 1.82) is 0 Å². The first-order valence-electron chi connectivity index (χ1n) is 8.01. The zero-order chi connectivity index (χ0) is 12.5. The van der Waals surface area contributed by atoms with Crippen LogP contribution in [0.25, 0.3) is 0 Å². The van der Waals surface area contributed by atoms with Crippen molar-refractivity contribution in [3.8, 4) is 0 Å². The van der Waals surface area contributed by atoms with Gasteiger partial charge >= 0.3 is 0 Å². The third kappa shape index (κ3) is 2.33. The highest BCUT2D eigenvalue weighted by atomic mass is 15.3. The molecule has 0 aromatic rings. The molecule has 3 aliphatic rings. The van der Waals surface area contributed by atoms with Crippen molar-refractivity contribution in [3.63, 3.8) is 0 Å². The lowest BCUT2D eigenvalue weighted by atomic mass is 9.88. The molecule has 104 valence electrons. The van der Waals surface area contributed by atoms with E-state index >= 15 is 0 Å². The molecule has 0 saturated carbocycles. The molecule has 0 spiro atoms. The molecule has 0 aromatic carbocycles. The van der Waals surface area contributed by atoms with Gasteiger partial charge in [0.2, 0.25) is 0 Å². The number of nitrogens with two attached hydrogens (primary N) is 1. The highest BCUT2D eigenvalue weighted by molar-refractivity contribution is 4.95. The molecule has 4 atom stereocenters. The summed E-state index contributed by atoms with van der Waals surface area (Å²) in [4.78, 5) is 5.53. The van der Waals surface area contributed by atoms with E-state index in [2.05, 4.69) is 16.7 Å². The number of rotatable bonds is 2. The molecule has 0 amide bonds. The first-order chi connectivity index (χ1) is 8.79. The van der Waals surface area contributed by atoms with E-state index in [9.17, 15) is 0 Å². The molecule has 4 unspecified atom stereocenters. The van der Waals surface area contributed by atoms with Gasteiger partial charge in [-0.25, -0.2) is 0 Å². The second kappa shape index (κ2) is 5.48. The Hall–Kier alpha value is -0.120. The standard InChI is InChI=1S/C15H29N3/c1-12-4-2-5-15(11-16)18(12)14-7-9-17-8-3-6-13(17)10-14/h12-15H,2-11,16H2,1H3. The summed E-state index contributed by atoms with van der Waals surface area (Å²) in [5, 5.41) is 0. The van der Waals surface area contributed by atoms with Crippen molar-refractivity contribution in [2.45, 2.75) is 76.0 Å². The molecule has 2 N–H and O–H groups in total. The van der Waals surface area contributed by atoms with E-state index < -0.39 is 0 Å². The summed E-state index contributed by atoms with van der Waals surface area (Å²) in [6.45, 7) is 5.96. The molecular formula is C15H29N3. The van der Waals surface area contributed by atoms with Gasteiger partial charge < -0.3 is 10.6 Å². The Kier molecular flexibility index (Phi) is 3.92. The lowest BCUT2D eigenvalue weighted by Crippen LogP contribution is -2.57. The molecule has 18 heavy (non-hydrogen) atoms. The van der Waals surface area contributed by atoms with Crippen molar-refractivity contribution in [2.24, 2.45) is 5.73 Å². The number of hydrogen-bond donors (Lipinski definition) is 1. The minimum absolute atomic E-state index is 0.659. The molecule has 3 saturated heterocycles. The molecule has 0 aliphatic carbocycles. The highest BCUT2D eigenvalue weighted by Gasteiger charge is 2.38. The van der Waals surface area contributed by atoms with E-state index in [-0.39, 0.29) is 0 Å². The predicted octanol–water partition coefficient (Wildman–Crippen LogP) is 1.81. The summed E-state index contributed by atoms with van der Waals surface area (Å²) in [5.74, 6) is 0. The molecule has 0 radical (unpaired) electrons. The fourth-order valence-electron chi connectivity index (χ4n) is 4.68. The number of nitrogens with zero attached hydrogens (tertiary/aromatic N) is 2. The monoisotopic (exact) mass is 251 g/mol. The Balaban J connectivity index is 1.68. The Morgan fingerprint density at radius 1 is 1.00 bits per heavy atom. The minimum atomic E-state index is 0.659. The number of hydrogen-bond acceptors (Lipinski definition) is 3. The Morgan fingerprint density at radius 3 is 2.72 bits per heavy atom. The summed E-state index contributed by atoms with van der Waals surface area (Å²) in [6, 6.07) is 3.11. The maximum Gasteiger partial charge on any atom is 0.0224 e. The summed E-state index contributed by atoms with van der Waals surface area (Å²) < 4.78 is 0. The second-order valence-electron chi connectivity index (χ2n) is 6.63. The molecule has 3 rings (SSSR count). The predicted molar refractivity (Wildman–Crippen MR) is 75.6 cm³/mol. The van der Waals surface area contributed by atoms with Crippen LogP contribution in [0.15, 0.2) is 0 Å². The van der Waals surface area contributed by atoms with Crippen LogP contribution in [0.2, 0.25) is 0 Å². The topological polar surface area (TPSA) is 32.5 Å². The normalized spacial score (nSPS) is 43.0. The van der Waals surface area contributed by atoms with Crippen molar-refractivity contribution in [3.05, 3.63) is 0 Å². The van der Waals surface area contributed by atoms with Gasteiger partial charge in [-0.05, 0) is 58.5 Å². The summed E-state index contributed by atoms with van der Waals surface area (Å²) in [6.07, 6.45) is 9.71. The quantitative estimate of drug-likeness (QED) is 0.812. The van der Waals surface area contributed by atoms with Gasteiger partial charge in [0.05, 0.1) is 0 Å². The van der Waals surface area contributed by atoms with Crippen LogP contribution < -0.4 is 5.73 Å². The first kappa shape index (κ1) is 12.9. The lowest BCUT2D eigenvalue weighted by Gasteiger charge is -2.49. The van der Waals surface area contributed by atoms with Gasteiger partial charge in [0, 0.05) is 30.7 Å². The maximum absolute atomic E-state index is 6.02. The SMILES string of the molecule is CC1CCCC(CN)N1C1CCN2CCCC2C1. The zero-order valence-electron chi connectivity index (χ0n) is 11.9. The third-order valence-electron chi connectivity index (χ3n) is 5.58. The van der Waals surface area contributed by atoms with E-state index in [1.807, 2.05) is 0 Å². The molecule has 0 aromatic heterocycles. The van der Waals surface area contributed by atoms with Crippen LogP contribution >= 0.6 is 0 Å². The molecule has 3 heteroatoms. The van der Waals surface area contributed by atoms with Crippen LogP contribution in [0.3, 0.4) is 0 Å². The van der Waals surface area contributed by atoms with Gasteiger partial charge in [-0.2, -0.15) is 0 Å². The average Bonchev–Trinajstić information content (AvgIpc) is 2.85. The summed E-state index contributed by atoms with van der Waals surface area (Å²) in [5.41, 5.74) is 6.02.